The lowest BCUT2D eigenvalue weighted by molar-refractivity contribution is -0.150. The van der Waals surface area contributed by atoms with Crippen LogP contribution in [0.25, 0.3) is 5.65 Å². The Morgan fingerprint density at radius 3 is 2.50 bits per heavy atom. The Morgan fingerprint density at radius 2 is 1.90 bits per heavy atom. The van der Waals surface area contributed by atoms with E-state index in [2.05, 4.69) is 15.5 Å². The summed E-state index contributed by atoms with van der Waals surface area (Å²) in [6, 6.07) is -0.475. The first-order valence-corrected chi connectivity index (χ1v) is 14.4. The molecule has 0 bridgehead atoms. The number of nitrogens with zero attached hydrogens (tertiary/aromatic N) is 6. The number of amides is 3. The van der Waals surface area contributed by atoms with E-state index in [0.717, 1.165) is 30.6 Å². The number of halogens is 3. The zero-order valence-electron chi connectivity index (χ0n) is 23.7. The van der Waals surface area contributed by atoms with Gasteiger partial charge >= 0.3 is 12.2 Å². The van der Waals surface area contributed by atoms with Gasteiger partial charge < -0.3 is 20.3 Å². The van der Waals surface area contributed by atoms with Gasteiger partial charge in [0, 0.05) is 24.9 Å². The van der Waals surface area contributed by atoms with Gasteiger partial charge in [-0.05, 0) is 69.4 Å². The highest BCUT2D eigenvalue weighted by Crippen LogP contribution is 2.54. The highest BCUT2D eigenvalue weighted by molar-refractivity contribution is 5.92. The van der Waals surface area contributed by atoms with Crippen molar-refractivity contribution in [2.45, 2.75) is 69.9 Å². The number of carbonyl (C=O) groups is 2. The molecule has 0 spiro atoms. The highest BCUT2D eigenvalue weighted by atomic mass is 19.4. The fourth-order valence-corrected chi connectivity index (χ4v) is 6.16. The molecule has 42 heavy (non-hydrogen) atoms. The predicted molar refractivity (Wildman–Crippen MR) is 144 cm³/mol. The minimum Gasteiger partial charge on any atom is -0.382 e. The zero-order chi connectivity index (χ0) is 29.8. The zero-order valence-corrected chi connectivity index (χ0v) is 23.7. The molecule has 0 aromatic carbocycles. The molecule has 14 heteroatoms. The maximum absolute atomic E-state index is 13.6. The van der Waals surface area contributed by atoms with Crippen molar-refractivity contribution in [3.05, 3.63) is 47.7 Å². The van der Waals surface area contributed by atoms with E-state index in [1.54, 1.807) is 33.7 Å². The number of alkyl halides is 3. The van der Waals surface area contributed by atoms with Crippen molar-refractivity contribution in [3.8, 4) is 0 Å². The van der Waals surface area contributed by atoms with Gasteiger partial charge in [0.1, 0.15) is 11.7 Å². The van der Waals surface area contributed by atoms with Crippen LogP contribution in [0.15, 0.2) is 30.7 Å². The molecule has 3 fully saturated rings. The number of methoxy groups -OCH3 is 1. The van der Waals surface area contributed by atoms with E-state index in [0.29, 0.717) is 34.4 Å². The molecule has 3 atom stereocenters. The monoisotopic (exact) mass is 588 g/mol. The van der Waals surface area contributed by atoms with E-state index < -0.39 is 30.8 Å². The number of imidazole rings is 1. The number of rotatable bonds is 11. The second-order valence-electron chi connectivity index (χ2n) is 11.9. The minimum atomic E-state index is -4.56. The molecule has 4 heterocycles. The Labute approximate surface area is 240 Å². The number of aromatic nitrogens is 5. The van der Waals surface area contributed by atoms with Gasteiger partial charge in [-0.15, -0.1) is 0 Å². The van der Waals surface area contributed by atoms with Crippen LogP contribution >= 0.6 is 0 Å². The van der Waals surface area contributed by atoms with Gasteiger partial charge in [0.2, 0.25) is 0 Å². The first-order chi connectivity index (χ1) is 20.0. The molecular weight excluding hydrogens is 553 g/mol. The Bertz CT molecular complexity index is 1450. The number of ether oxygens (including phenoxy) is 1. The minimum absolute atomic E-state index is 0.0168. The molecule has 3 amide bonds. The van der Waals surface area contributed by atoms with Crippen molar-refractivity contribution in [1.29, 1.82) is 0 Å². The van der Waals surface area contributed by atoms with E-state index in [-0.39, 0.29) is 30.5 Å². The van der Waals surface area contributed by atoms with Crippen molar-refractivity contribution in [2.24, 2.45) is 17.8 Å². The summed E-state index contributed by atoms with van der Waals surface area (Å²) in [5.74, 6) is 1.03. The molecule has 3 aromatic heterocycles. The summed E-state index contributed by atoms with van der Waals surface area (Å²) in [6.45, 7) is 3.38. The summed E-state index contributed by atoms with van der Waals surface area (Å²) in [6.07, 6.45) is 4.83. The van der Waals surface area contributed by atoms with Crippen LogP contribution < -0.4 is 10.6 Å². The van der Waals surface area contributed by atoms with E-state index in [1.807, 2.05) is 19.2 Å². The summed E-state index contributed by atoms with van der Waals surface area (Å²) in [7, 11) is 1.43. The van der Waals surface area contributed by atoms with Gasteiger partial charge in [-0.3, -0.25) is 9.48 Å². The standard InChI is InChI=1S/C28H35F3N8O3/c1-15(2)39-20(8-9-32-39)26(40)36-25(24(16-4-5-16)17-6-7-17)19-12-38-23(34-19)10-18(11-33-38)21(14-42-3)37-13-22(28(29,30)31)35-27(37)41/h8-12,15-17,21-22,24-25H,4-7,13-14H2,1-3H3,(H,35,41)(H,36,40)/t21-,22+,25-/m1/s1. The first kappa shape index (κ1) is 28.4. The van der Waals surface area contributed by atoms with Gasteiger partial charge in [-0.2, -0.15) is 23.4 Å². The number of hydrogen-bond donors (Lipinski definition) is 2. The van der Waals surface area contributed by atoms with Crippen molar-refractivity contribution >= 4 is 17.6 Å². The molecule has 3 aliphatic rings. The Kier molecular flexibility index (Phi) is 7.36. The average molecular weight is 589 g/mol. The number of nitrogens with one attached hydrogen (secondary N) is 2. The molecule has 2 N–H and O–H groups in total. The van der Waals surface area contributed by atoms with Crippen LogP contribution in [0, 0.1) is 17.8 Å². The van der Waals surface area contributed by atoms with Crippen molar-refractivity contribution in [1.82, 2.24) is 39.9 Å². The summed E-state index contributed by atoms with van der Waals surface area (Å²) in [4.78, 5) is 32.1. The number of fused-ring (bicyclic) bond motifs is 1. The Balaban J connectivity index is 1.32. The number of carbonyl (C=O) groups excluding carboxylic acids is 2. The summed E-state index contributed by atoms with van der Waals surface area (Å²) in [5.41, 5.74) is 2.12. The van der Waals surface area contributed by atoms with E-state index in [9.17, 15) is 22.8 Å². The molecule has 0 radical (unpaired) electrons. The van der Waals surface area contributed by atoms with Crippen LogP contribution in [-0.2, 0) is 4.74 Å². The van der Waals surface area contributed by atoms with Gasteiger partial charge in [-0.1, -0.05) is 0 Å². The molecular formula is C28H35F3N8O3. The maximum atomic E-state index is 13.6. The predicted octanol–water partition coefficient (Wildman–Crippen LogP) is 4.06. The Morgan fingerprint density at radius 1 is 1.19 bits per heavy atom. The second kappa shape index (κ2) is 10.9. The van der Waals surface area contributed by atoms with Crippen LogP contribution in [0.2, 0.25) is 0 Å². The summed E-state index contributed by atoms with van der Waals surface area (Å²) < 4.78 is 48.6. The van der Waals surface area contributed by atoms with Crippen molar-refractivity contribution in [2.75, 3.05) is 20.3 Å². The normalized spacial score (nSPS) is 20.9. The van der Waals surface area contributed by atoms with Crippen LogP contribution in [0.3, 0.4) is 0 Å². The third-order valence-corrected chi connectivity index (χ3v) is 8.49. The van der Waals surface area contributed by atoms with E-state index in [1.165, 1.54) is 13.3 Å². The molecule has 226 valence electrons. The summed E-state index contributed by atoms with van der Waals surface area (Å²) >= 11 is 0. The lowest BCUT2D eigenvalue weighted by atomic mass is 9.87. The quantitative estimate of drug-likeness (QED) is 0.349. The summed E-state index contributed by atoms with van der Waals surface area (Å²) in [5, 5.41) is 14.1. The average Bonchev–Trinajstić information content (AvgIpc) is 3.81. The SMILES string of the molecule is COC[C@H](c1cnn2cc([C@@H](NC(=O)c3ccnn3C(C)C)C(C3CC3)C3CC3)nc2c1)N1C[C@@H](C(F)(F)F)NC1=O. The molecule has 2 saturated carbocycles. The molecule has 3 aromatic rings. The number of urea groups is 1. The van der Waals surface area contributed by atoms with Gasteiger partial charge in [0.25, 0.3) is 5.91 Å². The van der Waals surface area contributed by atoms with Gasteiger partial charge in [0.05, 0.1) is 43.3 Å². The topological polar surface area (TPSA) is 119 Å². The van der Waals surface area contributed by atoms with E-state index >= 15 is 0 Å². The number of hydrogen-bond acceptors (Lipinski definition) is 6. The van der Waals surface area contributed by atoms with Crippen molar-refractivity contribution in [3.63, 3.8) is 0 Å². The lowest BCUT2D eigenvalue weighted by Crippen LogP contribution is -2.40. The molecule has 2 aliphatic carbocycles. The molecule has 1 saturated heterocycles. The van der Waals surface area contributed by atoms with Crippen LogP contribution in [0.1, 0.15) is 79.4 Å². The third-order valence-electron chi connectivity index (χ3n) is 8.49. The maximum Gasteiger partial charge on any atom is 0.410 e. The Hall–Kier alpha value is -3.68. The van der Waals surface area contributed by atoms with Crippen molar-refractivity contribution < 1.29 is 27.5 Å². The lowest BCUT2D eigenvalue weighted by Gasteiger charge is -2.27. The highest BCUT2D eigenvalue weighted by Gasteiger charge is 2.49. The fraction of sp³-hybridized carbons (Fsp3) is 0.607. The fourth-order valence-electron chi connectivity index (χ4n) is 6.16. The van der Waals surface area contributed by atoms with Crippen LogP contribution in [-0.4, -0.2) is 73.7 Å². The molecule has 0 unspecified atom stereocenters. The van der Waals surface area contributed by atoms with Crippen LogP contribution in [0.5, 0.6) is 0 Å². The van der Waals surface area contributed by atoms with E-state index in [4.69, 9.17) is 9.72 Å². The van der Waals surface area contributed by atoms with Crippen LogP contribution in [0.4, 0.5) is 18.0 Å². The smallest absolute Gasteiger partial charge is 0.382 e. The first-order valence-electron chi connectivity index (χ1n) is 14.4. The third kappa shape index (κ3) is 5.55. The van der Waals surface area contributed by atoms with Gasteiger partial charge in [-0.25, -0.2) is 14.3 Å². The molecule has 11 nitrogen and oxygen atoms in total. The largest absolute Gasteiger partial charge is 0.410 e. The molecule has 1 aliphatic heterocycles. The molecule has 6 rings (SSSR count). The second-order valence-corrected chi connectivity index (χ2v) is 11.9. The van der Waals surface area contributed by atoms with Gasteiger partial charge in [0.15, 0.2) is 5.65 Å².